The van der Waals surface area contributed by atoms with Crippen LogP contribution in [-0.4, -0.2) is 89.8 Å². The lowest BCUT2D eigenvalue weighted by atomic mass is 10.0. The number of carboxylic acid groups (broad SMARTS) is 1. The zero-order valence-electron chi connectivity index (χ0n) is 21.7. The summed E-state index contributed by atoms with van der Waals surface area (Å²) in [5, 5.41) is 16.3. The average molecular weight is 642 g/mol. The molecule has 16 nitrogen and oxygen atoms in total. The fraction of sp³-hybridized carbons (Fsp3) is 0.545. The van der Waals surface area contributed by atoms with Crippen LogP contribution in [0.5, 0.6) is 0 Å². The standard InChI is InChI=1S/C22H27Cl3N6O10/c1-21(2,19(38)28-12(3-6-16(34)35)18(37)41-31-14(32)4-5-15(31)33)30-17(36)13(7-11-8-26-10-27-11)29-20(39)40-9-22(23,24)25/h8,10,12-13H,3-7,9H2,1-2H3,(H,26,27)(H,28,38)(H,29,39)(H,30,36)(H,34,35)/t12-,13-/m0/s1. The summed E-state index contributed by atoms with van der Waals surface area (Å²) in [5.41, 5.74) is -1.40. The predicted octanol–water partition coefficient (Wildman–Crippen LogP) is 0.269. The van der Waals surface area contributed by atoms with Crippen molar-refractivity contribution < 1.29 is 48.2 Å². The van der Waals surface area contributed by atoms with E-state index in [1.165, 1.54) is 26.4 Å². The monoisotopic (exact) mass is 640 g/mol. The van der Waals surface area contributed by atoms with Crippen LogP contribution >= 0.6 is 34.8 Å². The quantitative estimate of drug-likeness (QED) is 0.145. The van der Waals surface area contributed by atoms with Gasteiger partial charge in [-0.1, -0.05) is 34.8 Å². The number of alkyl carbamates (subject to hydrolysis) is 1. The zero-order valence-corrected chi connectivity index (χ0v) is 24.0. The van der Waals surface area contributed by atoms with E-state index in [4.69, 9.17) is 49.5 Å². The Hall–Kier alpha value is -3.63. The van der Waals surface area contributed by atoms with Crippen LogP contribution in [0.4, 0.5) is 4.79 Å². The van der Waals surface area contributed by atoms with Crippen molar-refractivity contribution in [3.8, 4) is 0 Å². The van der Waals surface area contributed by atoms with Crippen molar-refractivity contribution in [1.82, 2.24) is 31.0 Å². The molecule has 2 heterocycles. The summed E-state index contributed by atoms with van der Waals surface area (Å²) >= 11 is 16.7. The summed E-state index contributed by atoms with van der Waals surface area (Å²) in [5.74, 6) is -5.96. The van der Waals surface area contributed by atoms with Gasteiger partial charge in [-0.05, 0) is 20.3 Å². The first-order valence-corrected chi connectivity index (χ1v) is 13.0. The first-order valence-electron chi connectivity index (χ1n) is 11.9. The van der Waals surface area contributed by atoms with Gasteiger partial charge in [0.25, 0.3) is 11.8 Å². The highest BCUT2D eigenvalue weighted by molar-refractivity contribution is 6.67. The number of nitrogens with one attached hydrogen (secondary N) is 4. The number of aromatic amines is 1. The number of halogens is 3. The van der Waals surface area contributed by atoms with Gasteiger partial charge < -0.3 is 35.6 Å². The first kappa shape index (κ1) is 33.6. The first-order chi connectivity index (χ1) is 19.0. The third kappa shape index (κ3) is 11.0. The molecule has 1 saturated heterocycles. The maximum Gasteiger partial charge on any atom is 0.407 e. The van der Waals surface area contributed by atoms with E-state index in [9.17, 15) is 33.6 Å². The molecule has 0 aliphatic carbocycles. The zero-order chi connectivity index (χ0) is 31.0. The molecule has 19 heteroatoms. The van der Waals surface area contributed by atoms with Crippen LogP contribution in [0.3, 0.4) is 0 Å². The van der Waals surface area contributed by atoms with Crippen molar-refractivity contribution in [2.24, 2.45) is 0 Å². The lowest BCUT2D eigenvalue weighted by Gasteiger charge is -2.29. The van der Waals surface area contributed by atoms with Crippen molar-refractivity contribution in [3.05, 3.63) is 18.2 Å². The number of carboxylic acids is 1. The molecule has 1 aromatic heterocycles. The number of H-pyrrole nitrogens is 1. The van der Waals surface area contributed by atoms with Gasteiger partial charge in [-0.3, -0.25) is 24.0 Å². The molecule has 1 aliphatic rings. The second-order valence-corrected chi connectivity index (χ2v) is 11.7. The molecule has 0 spiro atoms. The third-order valence-corrected chi connectivity index (χ3v) is 5.70. The summed E-state index contributed by atoms with van der Waals surface area (Å²) in [6.45, 7) is 1.90. The normalized spacial score (nSPS) is 15.1. The molecule has 41 heavy (non-hydrogen) atoms. The van der Waals surface area contributed by atoms with Crippen molar-refractivity contribution >= 4 is 76.5 Å². The highest BCUT2D eigenvalue weighted by Crippen LogP contribution is 2.25. The van der Waals surface area contributed by atoms with Crippen LogP contribution in [0.2, 0.25) is 0 Å². The Labute approximate surface area is 247 Å². The topological polar surface area (TPSA) is 226 Å². The molecule has 5 N–H and O–H groups in total. The Bertz CT molecular complexity index is 1160. The van der Waals surface area contributed by atoms with E-state index < -0.39 is 82.5 Å². The number of alkyl halides is 3. The lowest BCUT2D eigenvalue weighted by molar-refractivity contribution is -0.199. The average Bonchev–Trinajstić information content (AvgIpc) is 3.49. The van der Waals surface area contributed by atoms with E-state index in [1.807, 2.05) is 0 Å². The molecule has 2 atom stereocenters. The van der Waals surface area contributed by atoms with Crippen molar-refractivity contribution in [2.75, 3.05) is 6.61 Å². The number of hydrogen-bond acceptors (Lipinski definition) is 10. The van der Waals surface area contributed by atoms with E-state index in [-0.39, 0.29) is 24.3 Å². The summed E-state index contributed by atoms with van der Waals surface area (Å²) in [4.78, 5) is 97.3. The molecule has 5 amide bonds. The van der Waals surface area contributed by atoms with Gasteiger partial charge in [0, 0.05) is 31.9 Å². The largest absolute Gasteiger partial charge is 0.481 e. The van der Waals surface area contributed by atoms with Gasteiger partial charge >= 0.3 is 18.0 Å². The minimum absolute atomic E-state index is 0.151. The van der Waals surface area contributed by atoms with Crippen LogP contribution < -0.4 is 16.0 Å². The molecule has 0 radical (unpaired) electrons. The van der Waals surface area contributed by atoms with Gasteiger partial charge in [0.2, 0.25) is 15.6 Å². The summed E-state index contributed by atoms with van der Waals surface area (Å²) in [6, 6.07) is -2.95. The molecule has 0 unspecified atom stereocenters. The van der Waals surface area contributed by atoms with Crippen LogP contribution in [-0.2, 0) is 44.8 Å². The Morgan fingerprint density at radius 1 is 1.10 bits per heavy atom. The number of aromatic nitrogens is 2. The Balaban J connectivity index is 2.13. The van der Waals surface area contributed by atoms with Crippen molar-refractivity contribution in [3.63, 3.8) is 0 Å². The molecule has 0 saturated carbocycles. The molecule has 1 fully saturated rings. The molecule has 0 bridgehead atoms. The third-order valence-electron chi connectivity index (χ3n) is 5.37. The fourth-order valence-corrected chi connectivity index (χ4v) is 3.43. The number of nitrogens with zero attached hydrogens (tertiary/aromatic N) is 2. The molecule has 226 valence electrons. The number of ether oxygens (including phenoxy) is 1. The van der Waals surface area contributed by atoms with Crippen LogP contribution in [0.1, 0.15) is 45.2 Å². The number of hydroxylamine groups is 2. The van der Waals surface area contributed by atoms with E-state index in [0.29, 0.717) is 5.69 Å². The highest BCUT2D eigenvalue weighted by Gasteiger charge is 2.39. The summed E-state index contributed by atoms with van der Waals surface area (Å²) in [6.07, 6.45) is 0.132. The summed E-state index contributed by atoms with van der Waals surface area (Å²) < 4.78 is 2.88. The van der Waals surface area contributed by atoms with Gasteiger partial charge in [-0.2, -0.15) is 0 Å². The number of aliphatic carboxylic acids is 1. The number of carbonyl (C=O) groups excluding carboxylic acids is 6. The van der Waals surface area contributed by atoms with Crippen LogP contribution in [0.25, 0.3) is 0 Å². The smallest absolute Gasteiger partial charge is 0.407 e. The number of hydrogen-bond donors (Lipinski definition) is 5. The number of imidazole rings is 1. The van der Waals surface area contributed by atoms with Crippen LogP contribution in [0.15, 0.2) is 12.5 Å². The minimum atomic E-state index is -1.91. The minimum Gasteiger partial charge on any atom is -0.481 e. The Kier molecular flexibility index (Phi) is 11.7. The van der Waals surface area contributed by atoms with Crippen molar-refractivity contribution in [2.45, 2.75) is 67.4 Å². The van der Waals surface area contributed by atoms with Crippen LogP contribution in [0, 0.1) is 0 Å². The predicted molar refractivity (Wildman–Crippen MR) is 139 cm³/mol. The molecule has 0 aromatic carbocycles. The number of amides is 5. The van der Waals surface area contributed by atoms with E-state index in [1.54, 1.807) is 0 Å². The Morgan fingerprint density at radius 3 is 2.27 bits per heavy atom. The Morgan fingerprint density at radius 2 is 1.73 bits per heavy atom. The van der Waals surface area contributed by atoms with Crippen molar-refractivity contribution in [1.29, 1.82) is 0 Å². The second-order valence-electron chi connectivity index (χ2n) is 9.22. The number of rotatable bonds is 13. The number of imide groups is 1. The molecule has 2 rings (SSSR count). The number of carbonyl (C=O) groups is 7. The van der Waals surface area contributed by atoms with Gasteiger partial charge in [-0.25, -0.2) is 14.6 Å². The highest BCUT2D eigenvalue weighted by atomic mass is 35.6. The lowest BCUT2D eigenvalue weighted by Crippen LogP contribution is -2.61. The maximum atomic E-state index is 13.1. The van der Waals surface area contributed by atoms with Gasteiger partial charge in [-0.15, -0.1) is 5.06 Å². The molecule has 1 aromatic rings. The molecular weight excluding hydrogens is 615 g/mol. The second kappa shape index (κ2) is 14.3. The molecular formula is C22H27Cl3N6O10. The summed E-state index contributed by atoms with van der Waals surface area (Å²) in [7, 11) is 0. The van der Waals surface area contributed by atoms with Gasteiger partial charge in [0.15, 0.2) is 0 Å². The molecule has 1 aliphatic heterocycles. The van der Waals surface area contributed by atoms with Gasteiger partial charge in [0.05, 0.1) is 12.0 Å². The fourth-order valence-electron chi connectivity index (χ4n) is 3.27. The van der Waals surface area contributed by atoms with E-state index in [0.717, 1.165) is 0 Å². The SMILES string of the molecule is CC(C)(NC(=O)[C@H](Cc1c[nH]cn1)NC(=O)OCC(Cl)(Cl)Cl)C(=O)N[C@@H](CCC(=O)O)C(=O)ON1C(=O)CCC1=O. The van der Waals surface area contributed by atoms with E-state index in [2.05, 4.69) is 25.9 Å². The van der Waals surface area contributed by atoms with Gasteiger partial charge in [0.1, 0.15) is 24.2 Å². The van der Waals surface area contributed by atoms with E-state index >= 15 is 0 Å². The maximum absolute atomic E-state index is 13.1.